The third-order valence-corrected chi connectivity index (χ3v) is 3.67. The van der Waals surface area contributed by atoms with Gasteiger partial charge in [0.25, 0.3) is 0 Å². The molecule has 11 heteroatoms. The number of ether oxygens (including phenoxy) is 2. The van der Waals surface area contributed by atoms with Gasteiger partial charge in [0.05, 0.1) is 5.56 Å². The molecule has 0 heterocycles. The second-order valence-corrected chi connectivity index (χ2v) is 6.59. The third-order valence-electron chi connectivity index (χ3n) is 2.15. The first kappa shape index (κ1) is 18.7. The second kappa shape index (κ2) is 7.28. The summed E-state index contributed by atoms with van der Waals surface area (Å²) in [5, 5.41) is -4.75. The lowest BCUT2D eigenvalue weighted by Gasteiger charge is -2.19. The van der Waals surface area contributed by atoms with Crippen LogP contribution in [0, 0.1) is 3.57 Å². The molecule has 1 aromatic rings. The van der Waals surface area contributed by atoms with Crippen LogP contribution >= 0.6 is 22.6 Å². The normalized spacial score (nSPS) is 11.8. The monoisotopic (exact) mass is 449 g/mol. The Balaban J connectivity index is 2.49. The minimum atomic E-state index is -5.95. The number of rotatable bonds is 6. The van der Waals surface area contributed by atoms with Crippen LogP contribution in [0.4, 0.5) is 8.78 Å². The van der Waals surface area contributed by atoms with Gasteiger partial charge in [-0.2, -0.15) is 8.78 Å². The van der Waals surface area contributed by atoms with Gasteiger partial charge in [-0.05, 0) is 40.8 Å². The van der Waals surface area contributed by atoms with Gasteiger partial charge in [0.1, 0.15) is 0 Å². The molecule has 0 aliphatic heterocycles. The van der Waals surface area contributed by atoms with Crippen molar-refractivity contribution in [2.24, 2.45) is 0 Å². The van der Waals surface area contributed by atoms with Crippen molar-refractivity contribution in [3.8, 4) is 0 Å². The van der Waals surface area contributed by atoms with Crippen LogP contribution in [-0.2, 0) is 24.4 Å². The van der Waals surface area contributed by atoms with Crippen LogP contribution < -0.4 is 0 Å². The summed E-state index contributed by atoms with van der Waals surface area (Å²) in [6, 6.07) is 6.15. The van der Waals surface area contributed by atoms with Gasteiger partial charge in [-0.25, -0.2) is 18.0 Å². The Bertz CT molecular complexity index is 675. The summed E-state index contributed by atoms with van der Waals surface area (Å²) in [5.41, 5.74) is 0.132. The fraction of sp³-hybridized carbons (Fsp3) is 0.273. The average Bonchev–Trinajstić information content (AvgIpc) is 2.41. The van der Waals surface area contributed by atoms with E-state index < -0.39 is 40.5 Å². The van der Waals surface area contributed by atoms with Crippen molar-refractivity contribution in [1.82, 2.24) is 0 Å². The molecule has 0 amide bonds. The summed E-state index contributed by atoms with van der Waals surface area (Å²) in [7, 11) is -5.95. The zero-order valence-electron chi connectivity index (χ0n) is 10.6. The smallest absolute Gasteiger partial charge is 0.367 e. The summed E-state index contributed by atoms with van der Waals surface area (Å²) < 4.78 is 65.1. The van der Waals surface area contributed by atoms with Crippen LogP contribution in [0.25, 0.3) is 0 Å². The molecule has 0 N–H and O–H groups in total. The molecule has 0 bridgehead atoms. The second-order valence-electron chi connectivity index (χ2n) is 3.84. The Kier molecular flexibility index (Phi) is 6.19. The van der Waals surface area contributed by atoms with Crippen LogP contribution in [0.1, 0.15) is 10.4 Å². The maximum atomic E-state index is 12.7. The van der Waals surface area contributed by atoms with Crippen LogP contribution in [-0.4, -0.2) is 43.4 Å². The van der Waals surface area contributed by atoms with Crippen molar-refractivity contribution in [3.63, 3.8) is 0 Å². The Morgan fingerprint density at radius 3 is 2.45 bits per heavy atom. The molecular weight excluding hydrogens is 441 g/mol. The molecule has 0 fully saturated rings. The maximum absolute atomic E-state index is 12.7. The van der Waals surface area contributed by atoms with Gasteiger partial charge in [0, 0.05) is 3.57 Å². The fourth-order valence-corrected chi connectivity index (χ4v) is 1.85. The van der Waals surface area contributed by atoms with E-state index >= 15 is 0 Å². The Labute approximate surface area is 137 Å². The van der Waals surface area contributed by atoms with Crippen LogP contribution in [0.5, 0.6) is 0 Å². The number of hydrogen-bond donors (Lipinski definition) is 0. The molecule has 0 aliphatic carbocycles. The first-order valence-corrected chi connectivity index (χ1v) is 7.93. The molecule has 0 saturated heterocycles. The molecular formula is C11H8F2IO7S-. The van der Waals surface area contributed by atoms with E-state index in [2.05, 4.69) is 9.47 Å². The first-order chi connectivity index (χ1) is 10.0. The molecule has 0 unspecified atom stereocenters. The minimum absolute atomic E-state index is 0.132. The lowest BCUT2D eigenvalue weighted by atomic mass is 10.2. The van der Waals surface area contributed by atoms with Gasteiger partial charge in [-0.3, -0.25) is 0 Å². The number of hydrogen-bond acceptors (Lipinski definition) is 7. The highest BCUT2D eigenvalue weighted by Gasteiger charge is 2.39. The van der Waals surface area contributed by atoms with Crippen LogP contribution in [0.2, 0.25) is 0 Å². The van der Waals surface area contributed by atoms with E-state index in [1.54, 1.807) is 12.1 Å². The topological polar surface area (TPSA) is 110 Å². The predicted octanol–water partition coefficient (Wildman–Crippen LogP) is 1.13. The molecule has 1 aromatic carbocycles. The van der Waals surface area contributed by atoms with Gasteiger partial charge in [-0.15, -0.1) is 0 Å². The summed E-state index contributed by atoms with van der Waals surface area (Å²) in [5.74, 6) is -2.30. The molecule has 0 aliphatic rings. The van der Waals surface area contributed by atoms with E-state index in [4.69, 9.17) is 0 Å². The highest BCUT2D eigenvalue weighted by molar-refractivity contribution is 14.1. The quantitative estimate of drug-likeness (QED) is 0.364. The standard InChI is InChI=1S/C11H9F2IO7S/c12-11(13,22(17,18)19)6-21-9(15)5-20-10(16)7-2-1-3-8(14)4-7/h1-4H,5-6H2,(H,17,18,19)/p-1. The molecule has 0 saturated carbocycles. The minimum Gasteiger partial charge on any atom is -0.743 e. The number of alkyl halides is 2. The predicted molar refractivity (Wildman–Crippen MR) is 75.0 cm³/mol. The van der Waals surface area contributed by atoms with Crippen molar-refractivity contribution >= 4 is 44.6 Å². The summed E-state index contributed by atoms with van der Waals surface area (Å²) in [6.07, 6.45) is 0. The Morgan fingerprint density at radius 2 is 1.91 bits per heavy atom. The molecule has 22 heavy (non-hydrogen) atoms. The van der Waals surface area contributed by atoms with E-state index in [0.717, 1.165) is 3.57 Å². The number of halogens is 3. The lowest BCUT2D eigenvalue weighted by molar-refractivity contribution is -0.153. The van der Waals surface area contributed by atoms with Crippen LogP contribution in [0.3, 0.4) is 0 Å². The molecule has 0 aromatic heterocycles. The Hall–Kier alpha value is -1.34. The van der Waals surface area contributed by atoms with Crippen molar-refractivity contribution in [2.45, 2.75) is 5.25 Å². The first-order valence-electron chi connectivity index (χ1n) is 5.44. The molecule has 7 nitrogen and oxygen atoms in total. The maximum Gasteiger partial charge on any atom is 0.367 e. The zero-order chi connectivity index (χ0) is 17.0. The fourth-order valence-electron chi connectivity index (χ4n) is 1.10. The Morgan fingerprint density at radius 1 is 1.27 bits per heavy atom. The molecule has 122 valence electrons. The van der Waals surface area contributed by atoms with E-state index in [1.165, 1.54) is 12.1 Å². The van der Waals surface area contributed by atoms with E-state index in [0.29, 0.717) is 0 Å². The van der Waals surface area contributed by atoms with E-state index in [9.17, 15) is 31.3 Å². The summed E-state index contributed by atoms with van der Waals surface area (Å²) >= 11 is 1.94. The van der Waals surface area contributed by atoms with Gasteiger partial charge in [0.2, 0.25) is 0 Å². The number of benzene rings is 1. The number of carbonyl (C=O) groups is 2. The molecule has 0 spiro atoms. The summed E-state index contributed by atoms with van der Waals surface area (Å²) in [4.78, 5) is 22.6. The van der Waals surface area contributed by atoms with E-state index in [1.807, 2.05) is 22.6 Å². The molecule has 0 radical (unpaired) electrons. The SMILES string of the molecule is O=C(COC(=O)c1cccc(I)c1)OCC(F)(F)S(=O)(=O)[O-]. The van der Waals surface area contributed by atoms with Gasteiger partial charge >= 0.3 is 17.2 Å². The summed E-state index contributed by atoms with van der Waals surface area (Å²) in [6.45, 7) is -2.95. The largest absolute Gasteiger partial charge is 0.743 e. The van der Waals surface area contributed by atoms with E-state index in [-0.39, 0.29) is 5.56 Å². The van der Waals surface area contributed by atoms with Gasteiger partial charge in [-0.1, -0.05) is 6.07 Å². The molecule has 0 atom stereocenters. The van der Waals surface area contributed by atoms with Crippen LogP contribution in [0.15, 0.2) is 24.3 Å². The number of carbonyl (C=O) groups excluding carboxylic acids is 2. The van der Waals surface area contributed by atoms with Gasteiger partial charge < -0.3 is 14.0 Å². The van der Waals surface area contributed by atoms with Gasteiger partial charge in [0.15, 0.2) is 23.3 Å². The van der Waals surface area contributed by atoms with Crippen molar-refractivity contribution in [3.05, 3.63) is 33.4 Å². The molecule has 1 rings (SSSR count). The highest BCUT2D eigenvalue weighted by atomic mass is 127. The van der Waals surface area contributed by atoms with Crippen molar-refractivity contribution in [2.75, 3.05) is 13.2 Å². The zero-order valence-corrected chi connectivity index (χ0v) is 13.6. The third kappa shape index (κ3) is 5.46. The van der Waals surface area contributed by atoms with Crippen molar-refractivity contribution in [1.29, 1.82) is 0 Å². The number of esters is 2. The lowest BCUT2D eigenvalue weighted by Crippen LogP contribution is -2.35. The average molecular weight is 449 g/mol. The highest BCUT2D eigenvalue weighted by Crippen LogP contribution is 2.20. The van der Waals surface area contributed by atoms with Crippen molar-refractivity contribution < 1.29 is 40.8 Å².